The molecule has 0 radical (unpaired) electrons. The number of hydrogen-bond donors (Lipinski definition) is 1. The van der Waals surface area contributed by atoms with Gasteiger partial charge in [-0.25, -0.2) is 4.79 Å². The van der Waals surface area contributed by atoms with Crippen LogP contribution in [0.1, 0.15) is 10.4 Å². The molecule has 0 bridgehead atoms. The summed E-state index contributed by atoms with van der Waals surface area (Å²) >= 11 is 0. The molecule has 1 aromatic heterocycles. The summed E-state index contributed by atoms with van der Waals surface area (Å²) in [7, 11) is 1.15. The Kier molecular flexibility index (Phi) is 2.23. The third kappa shape index (κ3) is 1.69. The zero-order valence-electron chi connectivity index (χ0n) is 6.26. The number of aromatic amines is 1. The van der Waals surface area contributed by atoms with E-state index in [1.54, 1.807) is 0 Å². The number of hydrogen-bond acceptors (Lipinski definition) is 3. The Bertz CT molecular complexity index is 358. The number of H-pyrrole nitrogens is 1. The molecule has 0 saturated heterocycles. The molecule has 12 heavy (non-hydrogen) atoms. The smallest absolute Gasteiger partial charge is 0.338 e. The molecule has 64 valence electrons. The van der Waals surface area contributed by atoms with Crippen molar-refractivity contribution in [1.29, 1.82) is 0 Å². The van der Waals surface area contributed by atoms with E-state index in [2.05, 4.69) is 4.74 Å². The fourth-order valence-electron chi connectivity index (χ4n) is 0.745. The monoisotopic (exact) mass is 171 g/mol. The molecule has 1 aromatic rings. The van der Waals surface area contributed by atoms with Crippen molar-refractivity contribution in [2.45, 2.75) is 0 Å². The number of aromatic nitrogens is 1. The van der Waals surface area contributed by atoms with E-state index in [0.29, 0.717) is 0 Å². The number of carbonyl (C=O) groups is 1. The molecule has 0 amide bonds. The maximum Gasteiger partial charge on any atom is 0.338 e. The molecule has 0 aliphatic heterocycles. The van der Waals surface area contributed by atoms with Crippen molar-refractivity contribution in [2.24, 2.45) is 0 Å². The maximum absolute atomic E-state index is 12.5. The highest BCUT2D eigenvalue weighted by Crippen LogP contribution is 1.98. The summed E-state index contributed by atoms with van der Waals surface area (Å²) in [6, 6.07) is 1.86. The van der Waals surface area contributed by atoms with Gasteiger partial charge >= 0.3 is 5.97 Å². The number of ether oxygens (including phenoxy) is 1. The lowest BCUT2D eigenvalue weighted by Gasteiger charge is -1.96. The summed E-state index contributed by atoms with van der Waals surface area (Å²) in [5.41, 5.74) is -0.769. The van der Waals surface area contributed by atoms with Gasteiger partial charge in [0, 0.05) is 12.1 Å². The molecule has 0 saturated carbocycles. The number of methoxy groups -OCH3 is 1. The molecule has 1 N–H and O–H groups in total. The number of nitrogens with one attached hydrogen (secondary N) is 1. The number of rotatable bonds is 1. The molecule has 0 fully saturated rings. The van der Waals surface area contributed by atoms with E-state index >= 15 is 0 Å². The van der Waals surface area contributed by atoms with Crippen LogP contribution >= 0.6 is 0 Å². The molecule has 0 aliphatic carbocycles. The van der Waals surface area contributed by atoms with Crippen molar-refractivity contribution in [1.82, 2.24) is 4.98 Å². The molecule has 0 aliphatic rings. The molecule has 0 spiro atoms. The number of halogens is 1. The lowest BCUT2D eigenvalue weighted by Crippen LogP contribution is -2.12. The first-order chi connectivity index (χ1) is 5.63. The summed E-state index contributed by atoms with van der Waals surface area (Å²) in [4.78, 5) is 23.3. The first kappa shape index (κ1) is 8.45. The molecule has 0 aromatic carbocycles. The highest BCUT2D eigenvalue weighted by atomic mass is 19.1. The molecule has 0 unspecified atom stereocenters. The molecule has 4 nitrogen and oxygen atoms in total. The Morgan fingerprint density at radius 2 is 2.25 bits per heavy atom. The van der Waals surface area contributed by atoms with Gasteiger partial charge in [0.15, 0.2) is 5.95 Å². The second-order valence-electron chi connectivity index (χ2n) is 2.07. The first-order valence-electron chi connectivity index (χ1n) is 3.11. The van der Waals surface area contributed by atoms with Gasteiger partial charge in [-0.15, -0.1) is 0 Å². The van der Waals surface area contributed by atoms with Crippen LogP contribution in [0.2, 0.25) is 0 Å². The molecule has 1 heterocycles. The van der Waals surface area contributed by atoms with Crippen LogP contribution in [0.3, 0.4) is 0 Å². The summed E-state index contributed by atoms with van der Waals surface area (Å²) in [5, 5.41) is 0. The van der Waals surface area contributed by atoms with Gasteiger partial charge in [-0.05, 0) is 0 Å². The van der Waals surface area contributed by atoms with Crippen LogP contribution < -0.4 is 5.56 Å². The summed E-state index contributed by atoms with van der Waals surface area (Å²) in [6.45, 7) is 0. The fourth-order valence-corrected chi connectivity index (χ4v) is 0.745. The van der Waals surface area contributed by atoms with Crippen molar-refractivity contribution in [2.75, 3.05) is 7.11 Å². The topological polar surface area (TPSA) is 59.2 Å². The third-order valence-electron chi connectivity index (χ3n) is 1.23. The van der Waals surface area contributed by atoms with E-state index in [1.807, 2.05) is 4.98 Å². The summed E-state index contributed by atoms with van der Waals surface area (Å²) < 4.78 is 16.7. The van der Waals surface area contributed by atoms with Gasteiger partial charge in [-0.3, -0.25) is 9.78 Å². The minimum atomic E-state index is -0.858. The molecule has 0 atom stereocenters. The quantitative estimate of drug-likeness (QED) is 0.488. The van der Waals surface area contributed by atoms with Gasteiger partial charge in [0.2, 0.25) is 0 Å². The van der Waals surface area contributed by atoms with E-state index in [0.717, 1.165) is 19.2 Å². The number of pyridine rings is 1. The normalized spacial score (nSPS) is 9.50. The number of esters is 1. The van der Waals surface area contributed by atoms with Gasteiger partial charge < -0.3 is 4.74 Å². The van der Waals surface area contributed by atoms with Crippen LogP contribution in [0.4, 0.5) is 4.39 Å². The average molecular weight is 171 g/mol. The van der Waals surface area contributed by atoms with Crippen molar-refractivity contribution in [3.63, 3.8) is 0 Å². The van der Waals surface area contributed by atoms with Crippen molar-refractivity contribution >= 4 is 5.97 Å². The van der Waals surface area contributed by atoms with Crippen LogP contribution in [0, 0.1) is 5.95 Å². The minimum absolute atomic E-state index is 0.0984. The Labute approximate surface area is 67.0 Å². The van der Waals surface area contributed by atoms with E-state index in [-0.39, 0.29) is 5.56 Å². The third-order valence-corrected chi connectivity index (χ3v) is 1.23. The molecular formula is C7H6FNO3. The van der Waals surface area contributed by atoms with E-state index in [4.69, 9.17) is 0 Å². The van der Waals surface area contributed by atoms with E-state index < -0.39 is 17.5 Å². The zero-order valence-corrected chi connectivity index (χ0v) is 6.26. The number of carbonyl (C=O) groups excluding carboxylic acids is 1. The molecule has 5 heteroatoms. The van der Waals surface area contributed by atoms with Crippen LogP contribution in [0.15, 0.2) is 16.9 Å². The Morgan fingerprint density at radius 1 is 1.58 bits per heavy atom. The minimum Gasteiger partial charge on any atom is -0.465 e. The predicted octanol–water partition coefficient (Wildman–Crippen LogP) is 0.301. The Balaban J connectivity index is 3.17. The summed E-state index contributed by atoms with van der Waals surface area (Å²) in [6.07, 6.45) is 0. The highest BCUT2D eigenvalue weighted by Gasteiger charge is 2.07. The summed E-state index contributed by atoms with van der Waals surface area (Å²) in [5.74, 6) is -1.59. The van der Waals surface area contributed by atoms with Gasteiger partial charge in [0.05, 0.1) is 12.7 Å². The lowest BCUT2D eigenvalue weighted by molar-refractivity contribution is 0.0599. The van der Waals surface area contributed by atoms with Crippen LogP contribution in [0.5, 0.6) is 0 Å². The Morgan fingerprint density at radius 3 is 2.75 bits per heavy atom. The van der Waals surface area contributed by atoms with Gasteiger partial charge in [-0.1, -0.05) is 0 Å². The largest absolute Gasteiger partial charge is 0.465 e. The first-order valence-corrected chi connectivity index (χ1v) is 3.11. The predicted molar refractivity (Wildman–Crippen MR) is 38.4 cm³/mol. The zero-order chi connectivity index (χ0) is 9.14. The van der Waals surface area contributed by atoms with Gasteiger partial charge in [0.25, 0.3) is 5.56 Å². The fraction of sp³-hybridized carbons (Fsp3) is 0.143. The van der Waals surface area contributed by atoms with Crippen LogP contribution in [0.25, 0.3) is 0 Å². The lowest BCUT2D eigenvalue weighted by atomic mass is 10.3. The van der Waals surface area contributed by atoms with Crippen LogP contribution in [-0.4, -0.2) is 18.1 Å². The average Bonchev–Trinajstić information content (AvgIpc) is 2.01. The highest BCUT2D eigenvalue weighted by molar-refractivity contribution is 5.88. The van der Waals surface area contributed by atoms with Crippen molar-refractivity contribution < 1.29 is 13.9 Å². The molecule has 1 rings (SSSR count). The van der Waals surface area contributed by atoms with Gasteiger partial charge in [-0.2, -0.15) is 4.39 Å². The Hall–Kier alpha value is -1.65. The van der Waals surface area contributed by atoms with Crippen LogP contribution in [-0.2, 0) is 4.74 Å². The maximum atomic E-state index is 12.5. The van der Waals surface area contributed by atoms with Gasteiger partial charge in [0.1, 0.15) is 0 Å². The van der Waals surface area contributed by atoms with E-state index in [9.17, 15) is 14.0 Å². The second-order valence-corrected chi connectivity index (χ2v) is 2.07. The standard InChI is InChI=1S/C7H6FNO3/c1-12-7(11)4-2-5(8)9-6(10)3-4/h2-3H,1H3,(H,9,10). The SMILES string of the molecule is COC(=O)c1cc(F)[nH]c(=O)c1. The van der Waals surface area contributed by atoms with Crippen molar-refractivity contribution in [3.05, 3.63) is 34.0 Å². The van der Waals surface area contributed by atoms with Crippen molar-refractivity contribution in [3.8, 4) is 0 Å². The molecular weight excluding hydrogens is 165 g/mol. The van der Waals surface area contributed by atoms with E-state index in [1.165, 1.54) is 0 Å². The second kappa shape index (κ2) is 3.17.